The highest BCUT2D eigenvalue weighted by atomic mass is 32.2. The molecule has 24 heavy (non-hydrogen) atoms. The van der Waals surface area contributed by atoms with Gasteiger partial charge in [-0.05, 0) is 18.6 Å². The van der Waals surface area contributed by atoms with Crippen LogP contribution in [0.2, 0.25) is 0 Å². The van der Waals surface area contributed by atoms with Gasteiger partial charge in [0, 0.05) is 11.5 Å². The molecule has 0 bridgehead atoms. The third-order valence-electron chi connectivity index (χ3n) is 3.74. The lowest BCUT2D eigenvalue weighted by Crippen LogP contribution is -2.37. The fraction of sp³-hybridized carbons (Fsp3) is 0.471. The van der Waals surface area contributed by atoms with Crippen LogP contribution in [0.4, 0.5) is 0 Å². The maximum absolute atomic E-state index is 12.8. The molecule has 1 atom stereocenters. The molecule has 0 amide bonds. The van der Waals surface area contributed by atoms with Crippen LogP contribution in [-0.4, -0.2) is 36.0 Å². The third-order valence-corrected chi connectivity index (χ3v) is 5.26. The SMILES string of the molecule is CCC(CO)NS(=O)(=O)c1cn(-c2ccccc2)nc1C(C)(C)C. The number of para-hydroxylation sites is 1. The average Bonchev–Trinajstić information content (AvgIpc) is 3.00. The molecule has 1 unspecified atom stereocenters. The second-order valence-corrected chi connectivity index (χ2v) is 8.46. The van der Waals surface area contributed by atoms with Crippen LogP contribution < -0.4 is 4.72 Å². The quantitative estimate of drug-likeness (QED) is 0.836. The molecule has 1 heterocycles. The first kappa shape index (κ1) is 18.6. The summed E-state index contributed by atoms with van der Waals surface area (Å²) in [6, 6.07) is 8.86. The Hall–Kier alpha value is -1.70. The lowest BCUT2D eigenvalue weighted by atomic mass is 9.92. The van der Waals surface area contributed by atoms with Gasteiger partial charge in [0.1, 0.15) is 4.90 Å². The fourth-order valence-electron chi connectivity index (χ4n) is 2.32. The fourth-order valence-corrected chi connectivity index (χ4v) is 3.97. The zero-order chi connectivity index (χ0) is 18.0. The highest BCUT2D eigenvalue weighted by Crippen LogP contribution is 2.28. The summed E-state index contributed by atoms with van der Waals surface area (Å²) in [7, 11) is -3.78. The molecule has 6 nitrogen and oxygen atoms in total. The van der Waals surface area contributed by atoms with Crippen molar-refractivity contribution in [1.29, 1.82) is 0 Å². The van der Waals surface area contributed by atoms with Crippen LogP contribution in [0.5, 0.6) is 0 Å². The summed E-state index contributed by atoms with van der Waals surface area (Å²) in [5, 5.41) is 13.8. The molecule has 0 spiro atoms. The highest BCUT2D eigenvalue weighted by molar-refractivity contribution is 7.89. The third kappa shape index (κ3) is 4.03. The number of aliphatic hydroxyl groups is 1. The number of nitrogens with zero attached hydrogens (tertiary/aromatic N) is 2. The van der Waals surface area contributed by atoms with Gasteiger partial charge in [-0.3, -0.25) is 0 Å². The van der Waals surface area contributed by atoms with Crippen molar-refractivity contribution in [3.05, 3.63) is 42.2 Å². The smallest absolute Gasteiger partial charge is 0.244 e. The number of hydrogen-bond donors (Lipinski definition) is 2. The Kier molecular flexibility index (Phi) is 5.47. The van der Waals surface area contributed by atoms with Gasteiger partial charge in [0.2, 0.25) is 10.0 Å². The van der Waals surface area contributed by atoms with E-state index in [4.69, 9.17) is 0 Å². The molecule has 0 radical (unpaired) electrons. The van der Waals surface area contributed by atoms with Crippen molar-refractivity contribution in [1.82, 2.24) is 14.5 Å². The standard InChI is InChI=1S/C17H25N3O3S/c1-5-13(12-21)19-24(22,23)15-11-20(14-9-7-6-8-10-14)18-16(15)17(2,3)4/h6-11,13,19,21H,5,12H2,1-4H3. The molecular weight excluding hydrogens is 326 g/mol. The van der Waals surface area contributed by atoms with Crippen LogP contribution in [0.25, 0.3) is 5.69 Å². The van der Waals surface area contributed by atoms with Crippen molar-refractivity contribution in [2.45, 2.75) is 50.5 Å². The normalized spacial score (nSPS) is 13.9. The van der Waals surface area contributed by atoms with E-state index in [9.17, 15) is 13.5 Å². The first-order valence-electron chi connectivity index (χ1n) is 7.97. The van der Waals surface area contributed by atoms with Gasteiger partial charge in [0.25, 0.3) is 0 Å². The number of aliphatic hydroxyl groups excluding tert-OH is 1. The molecule has 2 N–H and O–H groups in total. The summed E-state index contributed by atoms with van der Waals surface area (Å²) >= 11 is 0. The van der Waals surface area contributed by atoms with Crippen molar-refractivity contribution in [3.63, 3.8) is 0 Å². The Morgan fingerprint density at radius 3 is 2.38 bits per heavy atom. The number of rotatable bonds is 6. The number of aromatic nitrogens is 2. The van der Waals surface area contributed by atoms with E-state index in [0.29, 0.717) is 12.1 Å². The molecule has 0 fully saturated rings. The van der Waals surface area contributed by atoms with E-state index in [1.165, 1.54) is 6.20 Å². The molecule has 0 aliphatic carbocycles. The van der Waals surface area contributed by atoms with Gasteiger partial charge < -0.3 is 5.11 Å². The zero-order valence-corrected chi connectivity index (χ0v) is 15.3. The van der Waals surface area contributed by atoms with E-state index in [0.717, 1.165) is 5.69 Å². The first-order valence-corrected chi connectivity index (χ1v) is 9.46. The largest absolute Gasteiger partial charge is 0.395 e. The summed E-state index contributed by atoms with van der Waals surface area (Å²) in [5.74, 6) is 0. The van der Waals surface area contributed by atoms with Gasteiger partial charge in [-0.2, -0.15) is 5.10 Å². The van der Waals surface area contributed by atoms with Gasteiger partial charge in [0.15, 0.2) is 0 Å². The maximum atomic E-state index is 12.8. The van der Waals surface area contributed by atoms with Crippen LogP contribution in [0, 0.1) is 0 Å². The average molecular weight is 351 g/mol. The van der Waals surface area contributed by atoms with Crippen LogP contribution in [0.3, 0.4) is 0 Å². The Morgan fingerprint density at radius 2 is 1.88 bits per heavy atom. The van der Waals surface area contributed by atoms with E-state index in [-0.39, 0.29) is 11.5 Å². The van der Waals surface area contributed by atoms with Crippen LogP contribution in [0.15, 0.2) is 41.4 Å². The molecule has 7 heteroatoms. The summed E-state index contributed by atoms with van der Waals surface area (Å²) in [4.78, 5) is 0.144. The summed E-state index contributed by atoms with van der Waals surface area (Å²) < 4.78 is 29.7. The van der Waals surface area contributed by atoms with Crippen LogP contribution in [-0.2, 0) is 15.4 Å². The van der Waals surface area contributed by atoms with Crippen LogP contribution >= 0.6 is 0 Å². The van der Waals surface area contributed by atoms with Gasteiger partial charge >= 0.3 is 0 Å². The zero-order valence-electron chi connectivity index (χ0n) is 14.5. The number of hydrogen-bond acceptors (Lipinski definition) is 4. The van der Waals surface area contributed by atoms with Gasteiger partial charge in [-0.1, -0.05) is 45.9 Å². The molecule has 2 aromatic rings. The van der Waals surface area contributed by atoms with E-state index in [1.807, 2.05) is 58.0 Å². The van der Waals surface area contributed by atoms with Gasteiger partial charge in [-0.25, -0.2) is 17.8 Å². The Morgan fingerprint density at radius 1 is 1.25 bits per heavy atom. The molecule has 132 valence electrons. The van der Waals surface area contributed by atoms with Crippen molar-refractivity contribution in [3.8, 4) is 5.69 Å². The molecule has 1 aromatic heterocycles. The highest BCUT2D eigenvalue weighted by Gasteiger charge is 2.31. The summed E-state index contributed by atoms with van der Waals surface area (Å²) in [5.41, 5.74) is 0.843. The Bertz CT molecular complexity index is 773. The van der Waals surface area contributed by atoms with Crippen LogP contribution in [0.1, 0.15) is 39.8 Å². The minimum absolute atomic E-state index is 0.144. The molecule has 2 rings (SSSR count). The molecule has 1 aromatic carbocycles. The van der Waals surface area contributed by atoms with Crippen molar-refractivity contribution < 1.29 is 13.5 Å². The second kappa shape index (κ2) is 7.04. The van der Waals surface area contributed by atoms with Gasteiger partial charge in [-0.15, -0.1) is 0 Å². The van der Waals surface area contributed by atoms with Crippen molar-refractivity contribution in [2.75, 3.05) is 6.61 Å². The molecule has 0 aliphatic heterocycles. The maximum Gasteiger partial charge on any atom is 0.244 e. The number of benzene rings is 1. The number of sulfonamides is 1. The van der Waals surface area contributed by atoms with Crippen molar-refractivity contribution >= 4 is 10.0 Å². The molecular formula is C17H25N3O3S. The number of nitrogens with one attached hydrogen (secondary N) is 1. The van der Waals surface area contributed by atoms with E-state index < -0.39 is 21.5 Å². The predicted molar refractivity (Wildman–Crippen MR) is 93.8 cm³/mol. The first-order chi connectivity index (χ1) is 11.2. The minimum atomic E-state index is -3.78. The minimum Gasteiger partial charge on any atom is -0.395 e. The lowest BCUT2D eigenvalue weighted by Gasteiger charge is -2.19. The predicted octanol–water partition coefficient (Wildman–Crippen LogP) is 2.22. The monoisotopic (exact) mass is 351 g/mol. The lowest BCUT2D eigenvalue weighted by molar-refractivity contribution is 0.253. The Labute approximate surface area is 143 Å². The Balaban J connectivity index is 2.54. The van der Waals surface area contributed by atoms with E-state index in [2.05, 4.69) is 9.82 Å². The topological polar surface area (TPSA) is 84.2 Å². The molecule has 0 aliphatic rings. The van der Waals surface area contributed by atoms with E-state index in [1.54, 1.807) is 4.68 Å². The van der Waals surface area contributed by atoms with E-state index >= 15 is 0 Å². The molecule has 0 saturated carbocycles. The molecule has 0 saturated heterocycles. The summed E-state index contributed by atoms with van der Waals surface area (Å²) in [6.45, 7) is 7.35. The summed E-state index contributed by atoms with van der Waals surface area (Å²) in [6.07, 6.45) is 2.04. The van der Waals surface area contributed by atoms with Crippen molar-refractivity contribution in [2.24, 2.45) is 0 Å². The van der Waals surface area contributed by atoms with Gasteiger partial charge in [0.05, 0.1) is 24.2 Å². The second-order valence-electron chi connectivity index (χ2n) is 6.78.